The highest BCUT2D eigenvalue weighted by molar-refractivity contribution is 6.31. The van der Waals surface area contributed by atoms with Gasteiger partial charge in [-0.3, -0.25) is 4.79 Å². The summed E-state index contributed by atoms with van der Waals surface area (Å²) in [4.78, 5) is 12.5. The third-order valence-electron chi connectivity index (χ3n) is 3.92. The molecule has 0 unspecified atom stereocenters. The van der Waals surface area contributed by atoms with Crippen LogP contribution in [0.4, 0.5) is 18.9 Å². The molecule has 0 bridgehead atoms. The topological polar surface area (TPSA) is 34.0 Å². The van der Waals surface area contributed by atoms with Crippen molar-refractivity contribution in [1.29, 1.82) is 0 Å². The number of Topliss-reactive ketones (excluding diaryl/α,β-unsaturated/α-hetero) is 1. The fraction of sp³-hybridized carbons (Fsp3) is 0.167. The average molecular weight is 367 g/mol. The molecule has 0 aliphatic carbocycles. The van der Waals surface area contributed by atoms with Gasteiger partial charge in [-0.15, -0.1) is 0 Å². The lowest BCUT2D eigenvalue weighted by molar-refractivity contribution is -0.137. The Bertz CT molecular complexity index is 947. The third-order valence-corrected chi connectivity index (χ3v) is 4.25. The lowest BCUT2D eigenvalue weighted by Crippen LogP contribution is -2.14. The van der Waals surface area contributed by atoms with Gasteiger partial charge in [0.25, 0.3) is 0 Å². The fourth-order valence-electron chi connectivity index (χ4n) is 2.69. The van der Waals surface area contributed by atoms with Crippen LogP contribution in [-0.4, -0.2) is 16.9 Å². The van der Waals surface area contributed by atoms with Crippen LogP contribution in [-0.2, 0) is 13.2 Å². The summed E-state index contributed by atoms with van der Waals surface area (Å²) in [7, 11) is 1.83. The molecular formula is C18H14ClF3N2O. The Morgan fingerprint density at radius 1 is 1.20 bits per heavy atom. The summed E-state index contributed by atoms with van der Waals surface area (Å²) in [5, 5.41) is 3.17. The van der Waals surface area contributed by atoms with Gasteiger partial charge in [0, 0.05) is 35.4 Å². The first-order valence-corrected chi connectivity index (χ1v) is 7.83. The van der Waals surface area contributed by atoms with Crippen LogP contribution in [0, 0.1) is 0 Å². The number of nitrogens with one attached hydrogen (secondary N) is 1. The minimum atomic E-state index is -4.55. The van der Waals surface area contributed by atoms with Crippen molar-refractivity contribution in [3.8, 4) is 0 Å². The zero-order valence-corrected chi connectivity index (χ0v) is 13.9. The Morgan fingerprint density at radius 3 is 2.64 bits per heavy atom. The molecule has 0 radical (unpaired) electrons. The number of aryl methyl sites for hydroxylation is 1. The highest BCUT2D eigenvalue weighted by Gasteiger charge is 2.33. The van der Waals surface area contributed by atoms with Crippen LogP contribution in [0.5, 0.6) is 0 Å². The van der Waals surface area contributed by atoms with Gasteiger partial charge in [-0.05, 0) is 24.3 Å². The lowest BCUT2D eigenvalue weighted by atomic mass is 10.1. The smallest absolute Gasteiger partial charge is 0.378 e. The van der Waals surface area contributed by atoms with E-state index in [9.17, 15) is 18.0 Å². The molecule has 1 N–H and O–H groups in total. The first-order valence-electron chi connectivity index (χ1n) is 7.45. The number of nitrogens with zero attached hydrogens (tertiary/aromatic N) is 1. The van der Waals surface area contributed by atoms with Crippen LogP contribution < -0.4 is 5.32 Å². The lowest BCUT2D eigenvalue weighted by Gasteiger charge is -2.12. The van der Waals surface area contributed by atoms with E-state index in [0.29, 0.717) is 5.56 Å². The number of ketones is 1. The van der Waals surface area contributed by atoms with E-state index in [4.69, 9.17) is 11.6 Å². The summed E-state index contributed by atoms with van der Waals surface area (Å²) in [6, 6.07) is 10.9. The number of anilines is 1. The molecule has 0 saturated carbocycles. The molecular weight excluding hydrogens is 353 g/mol. The monoisotopic (exact) mass is 366 g/mol. The normalized spacial score (nSPS) is 11.7. The maximum Gasteiger partial charge on any atom is 0.417 e. The summed E-state index contributed by atoms with van der Waals surface area (Å²) in [6.07, 6.45) is -2.83. The van der Waals surface area contributed by atoms with E-state index in [0.717, 1.165) is 23.0 Å². The zero-order valence-electron chi connectivity index (χ0n) is 13.2. The summed E-state index contributed by atoms with van der Waals surface area (Å²) in [6.45, 7) is -0.118. The molecule has 0 aliphatic heterocycles. The molecule has 3 rings (SSSR count). The minimum Gasteiger partial charge on any atom is -0.378 e. The first kappa shape index (κ1) is 17.4. The van der Waals surface area contributed by atoms with Crippen LogP contribution in [0.3, 0.4) is 0 Å². The summed E-state index contributed by atoms with van der Waals surface area (Å²) >= 11 is 5.59. The second-order valence-electron chi connectivity index (χ2n) is 5.64. The molecule has 1 heterocycles. The molecule has 0 aliphatic rings. The van der Waals surface area contributed by atoms with Crippen molar-refractivity contribution in [2.24, 2.45) is 7.05 Å². The highest BCUT2D eigenvalue weighted by Crippen LogP contribution is 2.36. The van der Waals surface area contributed by atoms with Crippen molar-refractivity contribution in [3.63, 3.8) is 0 Å². The Morgan fingerprint density at radius 2 is 1.92 bits per heavy atom. The Hall–Kier alpha value is -2.47. The largest absolute Gasteiger partial charge is 0.417 e. The summed E-state index contributed by atoms with van der Waals surface area (Å²) < 4.78 is 40.5. The number of para-hydroxylation sites is 1. The van der Waals surface area contributed by atoms with Gasteiger partial charge in [-0.25, -0.2) is 0 Å². The molecule has 2 aromatic carbocycles. The van der Waals surface area contributed by atoms with Crippen molar-refractivity contribution in [2.75, 3.05) is 11.9 Å². The van der Waals surface area contributed by atoms with Gasteiger partial charge >= 0.3 is 6.18 Å². The number of benzene rings is 2. The maximum atomic E-state index is 12.9. The molecule has 0 amide bonds. The molecule has 1 aromatic heterocycles. The maximum absolute atomic E-state index is 12.9. The van der Waals surface area contributed by atoms with Crippen molar-refractivity contribution in [1.82, 2.24) is 4.57 Å². The number of hydrogen-bond acceptors (Lipinski definition) is 2. The molecule has 3 aromatic rings. The fourth-order valence-corrected chi connectivity index (χ4v) is 2.92. The van der Waals surface area contributed by atoms with E-state index in [1.807, 2.05) is 35.9 Å². The molecule has 130 valence electrons. The Labute approximate surface area is 147 Å². The highest BCUT2D eigenvalue weighted by atomic mass is 35.5. The van der Waals surface area contributed by atoms with Gasteiger partial charge in [-0.1, -0.05) is 29.8 Å². The van der Waals surface area contributed by atoms with E-state index in [1.165, 1.54) is 6.07 Å². The van der Waals surface area contributed by atoms with Gasteiger partial charge < -0.3 is 9.88 Å². The van der Waals surface area contributed by atoms with E-state index in [1.54, 1.807) is 6.20 Å². The Kier molecular flexibility index (Phi) is 4.47. The number of carbonyl (C=O) groups excluding carboxylic acids is 1. The summed E-state index contributed by atoms with van der Waals surface area (Å²) in [5.41, 5.74) is 0.689. The molecule has 0 spiro atoms. The van der Waals surface area contributed by atoms with Crippen LogP contribution in [0.2, 0.25) is 5.02 Å². The molecule has 0 atom stereocenters. The van der Waals surface area contributed by atoms with Crippen molar-refractivity contribution < 1.29 is 18.0 Å². The van der Waals surface area contributed by atoms with Crippen LogP contribution >= 0.6 is 11.6 Å². The number of alkyl halides is 3. The van der Waals surface area contributed by atoms with Crippen LogP contribution in [0.25, 0.3) is 10.9 Å². The Balaban J connectivity index is 1.81. The number of carbonyl (C=O) groups is 1. The second kappa shape index (κ2) is 6.44. The summed E-state index contributed by atoms with van der Waals surface area (Å²) in [5.74, 6) is -0.208. The second-order valence-corrected chi connectivity index (χ2v) is 6.05. The standard InChI is InChI=1S/C18H14ClF3N2O/c1-24-10-13(12-4-2-3-5-16(12)24)17(25)9-23-11-6-7-15(19)14(8-11)18(20,21)22/h2-8,10,23H,9H2,1H3. The number of halogens is 4. The van der Waals surface area contributed by atoms with Crippen molar-refractivity contribution >= 4 is 34.0 Å². The SMILES string of the molecule is Cn1cc(C(=O)CNc2ccc(Cl)c(C(F)(F)F)c2)c2ccccc21. The molecule has 0 fully saturated rings. The quantitative estimate of drug-likeness (QED) is 0.648. The van der Waals surface area contributed by atoms with Gasteiger partial charge in [0.1, 0.15) is 0 Å². The van der Waals surface area contributed by atoms with Crippen LogP contribution in [0.1, 0.15) is 15.9 Å². The number of hydrogen-bond donors (Lipinski definition) is 1. The predicted octanol–water partition coefficient (Wildman–Crippen LogP) is 5.15. The predicted molar refractivity (Wildman–Crippen MR) is 92.2 cm³/mol. The number of aromatic nitrogens is 1. The van der Waals surface area contributed by atoms with E-state index in [2.05, 4.69) is 5.32 Å². The van der Waals surface area contributed by atoms with E-state index < -0.39 is 11.7 Å². The molecule has 3 nitrogen and oxygen atoms in total. The minimum absolute atomic E-state index is 0.118. The van der Waals surface area contributed by atoms with Crippen molar-refractivity contribution in [2.45, 2.75) is 6.18 Å². The van der Waals surface area contributed by atoms with Gasteiger partial charge in [0.15, 0.2) is 5.78 Å². The molecule has 7 heteroatoms. The number of fused-ring (bicyclic) bond motifs is 1. The van der Waals surface area contributed by atoms with Gasteiger partial charge in [0.2, 0.25) is 0 Å². The van der Waals surface area contributed by atoms with E-state index >= 15 is 0 Å². The average Bonchev–Trinajstić information content (AvgIpc) is 2.90. The van der Waals surface area contributed by atoms with Gasteiger partial charge in [0.05, 0.1) is 17.1 Å². The molecule has 0 saturated heterocycles. The van der Waals surface area contributed by atoms with E-state index in [-0.39, 0.29) is 23.0 Å². The first-order chi connectivity index (χ1) is 11.8. The number of rotatable bonds is 4. The molecule has 25 heavy (non-hydrogen) atoms. The zero-order chi connectivity index (χ0) is 18.2. The van der Waals surface area contributed by atoms with Crippen LogP contribution in [0.15, 0.2) is 48.7 Å². The van der Waals surface area contributed by atoms with Crippen molar-refractivity contribution in [3.05, 3.63) is 64.8 Å². The third kappa shape index (κ3) is 3.49. The van der Waals surface area contributed by atoms with Gasteiger partial charge in [-0.2, -0.15) is 13.2 Å².